The maximum absolute atomic E-state index is 12.4. The van der Waals surface area contributed by atoms with Crippen molar-refractivity contribution < 1.29 is 38.1 Å². The van der Waals surface area contributed by atoms with Gasteiger partial charge >= 0.3 is 23.9 Å². The quantitative estimate of drug-likeness (QED) is 0.233. The molecule has 1 aromatic rings. The van der Waals surface area contributed by atoms with E-state index in [1.54, 1.807) is 27.7 Å². The number of rotatable bonds is 11. The molecule has 1 aromatic carbocycles. The molecule has 3 rings (SSSR count). The van der Waals surface area contributed by atoms with Gasteiger partial charge in [-0.1, -0.05) is 30.3 Å². The number of carbonyl (C=O) groups excluding carboxylic acids is 4. The molecule has 10 heteroatoms. The monoisotopic (exact) mass is 562 g/mol. The minimum atomic E-state index is -1.17. The third-order valence-corrected chi connectivity index (χ3v) is 7.52. The van der Waals surface area contributed by atoms with Crippen molar-refractivity contribution in [1.82, 2.24) is 5.32 Å². The average Bonchev–Trinajstić information content (AvgIpc) is 3.55. The van der Waals surface area contributed by atoms with Gasteiger partial charge in [-0.15, -0.1) is 0 Å². The number of nitrogens with two attached hydrogens (primary N) is 1. The molecule has 3 N–H and O–H groups in total. The molecule has 3 atom stereocenters. The van der Waals surface area contributed by atoms with Gasteiger partial charge in [-0.25, -0.2) is 0 Å². The first kappa shape index (κ1) is 33.2. The molecule has 2 fully saturated rings. The van der Waals surface area contributed by atoms with Crippen molar-refractivity contribution >= 4 is 23.9 Å². The van der Waals surface area contributed by atoms with Crippen LogP contribution in [0.15, 0.2) is 30.3 Å². The van der Waals surface area contributed by atoms with E-state index in [4.69, 9.17) is 24.7 Å². The van der Waals surface area contributed by atoms with Crippen molar-refractivity contribution in [1.29, 1.82) is 0 Å². The number of benzene rings is 1. The molecular formula is C30H46N2O8. The Bertz CT molecular complexity index is 947. The van der Waals surface area contributed by atoms with E-state index in [0.29, 0.717) is 32.1 Å². The van der Waals surface area contributed by atoms with Crippen molar-refractivity contribution in [2.45, 2.75) is 91.3 Å². The molecule has 0 aliphatic heterocycles. The standard InChI is InChI=1S/C19H27NO4.C11H19NO4/c1-4-23-17(21)19(18(22)24-5-2)12-11-16(13-19)20-14(3)15-9-7-6-8-10-15;1-3-15-9(13)11(10(14)16-4-2)6-5-8(12)7-11/h6-10,14,16,20H,4-5,11-13H2,1-3H3;8H,3-7,12H2,1-2H3/t14-,16-;8-/m00/s1. The Kier molecular flexibility index (Phi) is 13.1. The largest absolute Gasteiger partial charge is 0.465 e. The number of ether oxygens (including phenoxy) is 4. The van der Waals surface area contributed by atoms with E-state index in [2.05, 4.69) is 24.4 Å². The number of hydrogen-bond donors (Lipinski definition) is 2. The normalized spacial score (nSPS) is 21.4. The van der Waals surface area contributed by atoms with E-state index in [0.717, 1.165) is 6.42 Å². The fraction of sp³-hybridized carbons (Fsp3) is 0.667. The highest BCUT2D eigenvalue weighted by Crippen LogP contribution is 2.42. The van der Waals surface area contributed by atoms with Crippen LogP contribution in [0.4, 0.5) is 0 Å². The van der Waals surface area contributed by atoms with E-state index >= 15 is 0 Å². The topological polar surface area (TPSA) is 143 Å². The molecule has 0 amide bonds. The second kappa shape index (κ2) is 15.7. The Morgan fingerprint density at radius 3 is 1.60 bits per heavy atom. The summed E-state index contributed by atoms with van der Waals surface area (Å²) in [5.41, 5.74) is 4.62. The van der Waals surface area contributed by atoms with Gasteiger partial charge in [-0.2, -0.15) is 0 Å². The van der Waals surface area contributed by atoms with Crippen LogP contribution in [-0.2, 0) is 38.1 Å². The summed E-state index contributed by atoms with van der Waals surface area (Å²) in [6.07, 6.45) is 3.02. The smallest absolute Gasteiger partial charge is 0.323 e. The molecule has 10 nitrogen and oxygen atoms in total. The van der Waals surface area contributed by atoms with Gasteiger partial charge in [-0.05, 0) is 78.7 Å². The van der Waals surface area contributed by atoms with Crippen molar-refractivity contribution in [3.8, 4) is 0 Å². The molecule has 2 aliphatic rings. The Morgan fingerprint density at radius 1 is 0.775 bits per heavy atom. The van der Waals surface area contributed by atoms with Crippen LogP contribution in [0.1, 0.15) is 84.7 Å². The van der Waals surface area contributed by atoms with Crippen LogP contribution in [-0.4, -0.2) is 62.4 Å². The van der Waals surface area contributed by atoms with Gasteiger partial charge in [-0.3, -0.25) is 19.2 Å². The van der Waals surface area contributed by atoms with Gasteiger partial charge < -0.3 is 30.0 Å². The van der Waals surface area contributed by atoms with Crippen LogP contribution in [0, 0.1) is 10.8 Å². The minimum absolute atomic E-state index is 0.0778. The third-order valence-electron chi connectivity index (χ3n) is 7.52. The van der Waals surface area contributed by atoms with Gasteiger partial charge in [0.1, 0.15) is 0 Å². The first-order chi connectivity index (χ1) is 19.1. The summed E-state index contributed by atoms with van der Waals surface area (Å²) in [6, 6.07) is 10.2. The first-order valence-electron chi connectivity index (χ1n) is 14.4. The van der Waals surface area contributed by atoms with E-state index in [1.165, 1.54) is 5.56 Å². The number of nitrogens with one attached hydrogen (secondary N) is 1. The second-order valence-corrected chi connectivity index (χ2v) is 10.3. The molecule has 0 radical (unpaired) electrons. The summed E-state index contributed by atoms with van der Waals surface area (Å²) in [5.74, 6) is -1.91. The summed E-state index contributed by atoms with van der Waals surface area (Å²) < 4.78 is 20.2. The maximum atomic E-state index is 12.4. The Labute approximate surface area is 237 Å². The van der Waals surface area contributed by atoms with E-state index in [1.807, 2.05) is 18.2 Å². The third kappa shape index (κ3) is 8.04. The summed E-state index contributed by atoms with van der Waals surface area (Å²) in [7, 11) is 0. The SMILES string of the molecule is CCOC(=O)C1(C(=O)OCC)CC[C@H](N)C1.CCOC(=O)C1(C(=O)OCC)CC[C@H](N[C@@H](C)c2ccccc2)C1. The zero-order chi connectivity index (χ0) is 29.8. The molecule has 2 saturated carbocycles. The second-order valence-electron chi connectivity index (χ2n) is 10.3. The molecule has 40 heavy (non-hydrogen) atoms. The van der Waals surface area contributed by atoms with E-state index in [9.17, 15) is 19.2 Å². The van der Waals surface area contributed by atoms with Gasteiger partial charge in [0.2, 0.25) is 0 Å². The minimum Gasteiger partial charge on any atom is -0.465 e. The molecule has 0 spiro atoms. The molecular weight excluding hydrogens is 516 g/mol. The average molecular weight is 563 g/mol. The van der Waals surface area contributed by atoms with E-state index in [-0.39, 0.29) is 44.6 Å². The zero-order valence-electron chi connectivity index (χ0n) is 24.5. The summed E-state index contributed by atoms with van der Waals surface area (Å²) in [6.45, 7) is 10.1. The lowest BCUT2D eigenvalue weighted by Gasteiger charge is -2.25. The Morgan fingerprint density at radius 2 is 1.20 bits per heavy atom. The van der Waals surface area contributed by atoms with Crippen LogP contribution in [0.5, 0.6) is 0 Å². The van der Waals surface area contributed by atoms with Crippen LogP contribution in [0.2, 0.25) is 0 Å². The number of carbonyl (C=O) groups is 4. The van der Waals surface area contributed by atoms with Crippen LogP contribution < -0.4 is 11.1 Å². The maximum Gasteiger partial charge on any atom is 0.323 e. The molecule has 0 bridgehead atoms. The lowest BCUT2D eigenvalue weighted by molar-refractivity contribution is -0.173. The van der Waals surface area contributed by atoms with E-state index < -0.39 is 34.7 Å². The Hall–Kier alpha value is -2.98. The van der Waals surface area contributed by atoms with Gasteiger partial charge in [0.25, 0.3) is 0 Å². The highest BCUT2D eigenvalue weighted by Gasteiger charge is 2.54. The fourth-order valence-corrected chi connectivity index (χ4v) is 5.45. The predicted octanol–water partition coefficient (Wildman–Crippen LogP) is 3.61. The Balaban J connectivity index is 0.000000305. The van der Waals surface area contributed by atoms with Crippen LogP contribution in [0.3, 0.4) is 0 Å². The predicted molar refractivity (Wildman–Crippen MR) is 149 cm³/mol. The fourth-order valence-electron chi connectivity index (χ4n) is 5.45. The summed E-state index contributed by atoms with van der Waals surface area (Å²) in [4.78, 5) is 48.6. The summed E-state index contributed by atoms with van der Waals surface area (Å²) in [5, 5.41) is 3.53. The number of hydrogen-bond acceptors (Lipinski definition) is 10. The lowest BCUT2D eigenvalue weighted by Crippen LogP contribution is -2.42. The molecule has 0 saturated heterocycles. The number of esters is 4. The van der Waals surface area contributed by atoms with Crippen LogP contribution in [0.25, 0.3) is 0 Å². The molecule has 0 heterocycles. The van der Waals surface area contributed by atoms with Crippen molar-refractivity contribution in [2.75, 3.05) is 26.4 Å². The zero-order valence-corrected chi connectivity index (χ0v) is 24.5. The van der Waals surface area contributed by atoms with Crippen molar-refractivity contribution in [3.05, 3.63) is 35.9 Å². The molecule has 0 unspecified atom stereocenters. The van der Waals surface area contributed by atoms with Gasteiger partial charge in [0.15, 0.2) is 10.8 Å². The summed E-state index contributed by atoms with van der Waals surface area (Å²) >= 11 is 0. The van der Waals surface area contributed by atoms with Crippen molar-refractivity contribution in [2.24, 2.45) is 16.6 Å². The highest BCUT2D eigenvalue weighted by molar-refractivity contribution is 6.01. The molecule has 224 valence electrons. The molecule has 2 aliphatic carbocycles. The highest BCUT2D eigenvalue weighted by atomic mass is 16.6. The lowest BCUT2D eigenvalue weighted by atomic mass is 9.86. The van der Waals surface area contributed by atoms with Gasteiger partial charge in [0.05, 0.1) is 26.4 Å². The van der Waals surface area contributed by atoms with Crippen LogP contribution >= 0.6 is 0 Å². The van der Waals surface area contributed by atoms with Crippen molar-refractivity contribution in [3.63, 3.8) is 0 Å². The molecule has 0 aromatic heterocycles. The first-order valence-corrected chi connectivity index (χ1v) is 14.4. The van der Waals surface area contributed by atoms with Gasteiger partial charge in [0, 0.05) is 18.1 Å².